The minimum absolute atomic E-state index is 0.214. The van der Waals surface area contributed by atoms with Crippen molar-refractivity contribution in [3.05, 3.63) is 76.9 Å². The first-order chi connectivity index (χ1) is 11.9. The fraction of sp³-hybridized carbons (Fsp3) is 0.105. The van der Waals surface area contributed by atoms with Gasteiger partial charge in [0.2, 0.25) is 0 Å². The van der Waals surface area contributed by atoms with Crippen molar-refractivity contribution in [2.24, 2.45) is 0 Å². The van der Waals surface area contributed by atoms with Gasteiger partial charge in [-0.1, -0.05) is 48.0 Å². The number of aryl methyl sites for hydroxylation is 2. The van der Waals surface area contributed by atoms with Crippen LogP contribution in [0.4, 0.5) is 5.82 Å². The number of anilines is 1. The number of hydrogen-bond donors (Lipinski definition) is 1. The molecule has 0 spiro atoms. The number of rotatable bonds is 4. The third-order valence-electron chi connectivity index (χ3n) is 3.78. The standard InChI is InChI=1S/C19H17ClN2O2S/c1-13-12-15(16-7-3-4-8-17(16)20)10-11-18(13)25(23,24)22-19-9-5-6-14(2)21-19/h3-12H,1-2H3,(H,21,22). The van der Waals surface area contributed by atoms with E-state index in [1.165, 1.54) is 0 Å². The maximum absolute atomic E-state index is 12.7. The van der Waals surface area contributed by atoms with Crippen LogP contribution in [0.25, 0.3) is 11.1 Å². The second kappa shape index (κ2) is 6.86. The van der Waals surface area contributed by atoms with Crippen molar-refractivity contribution in [1.82, 2.24) is 4.98 Å². The maximum Gasteiger partial charge on any atom is 0.263 e. The topological polar surface area (TPSA) is 59.1 Å². The van der Waals surface area contributed by atoms with Crippen molar-refractivity contribution >= 4 is 27.4 Å². The Bertz CT molecular complexity index is 1030. The molecule has 6 heteroatoms. The Morgan fingerprint density at radius 2 is 1.72 bits per heavy atom. The molecule has 0 unspecified atom stereocenters. The van der Waals surface area contributed by atoms with Crippen molar-refractivity contribution in [3.8, 4) is 11.1 Å². The molecule has 0 saturated heterocycles. The van der Waals surface area contributed by atoms with Crippen LogP contribution in [0.1, 0.15) is 11.3 Å². The number of hydrogen-bond acceptors (Lipinski definition) is 3. The van der Waals surface area contributed by atoms with Crippen molar-refractivity contribution in [2.75, 3.05) is 4.72 Å². The van der Waals surface area contributed by atoms with Gasteiger partial charge >= 0.3 is 0 Å². The van der Waals surface area contributed by atoms with Crippen molar-refractivity contribution in [2.45, 2.75) is 18.7 Å². The van der Waals surface area contributed by atoms with E-state index in [-0.39, 0.29) is 4.90 Å². The smallest absolute Gasteiger partial charge is 0.263 e. The van der Waals surface area contributed by atoms with Gasteiger partial charge in [-0.15, -0.1) is 0 Å². The number of benzene rings is 2. The summed E-state index contributed by atoms with van der Waals surface area (Å²) in [6.45, 7) is 3.57. The maximum atomic E-state index is 12.7. The summed E-state index contributed by atoms with van der Waals surface area (Å²) >= 11 is 6.22. The van der Waals surface area contributed by atoms with Gasteiger partial charge in [-0.3, -0.25) is 4.72 Å². The predicted octanol–water partition coefficient (Wildman–Crippen LogP) is 4.82. The minimum Gasteiger partial charge on any atom is -0.263 e. The molecule has 3 rings (SSSR count). The summed E-state index contributed by atoms with van der Waals surface area (Å²) in [7, 11) is -3.72. The average Bonchev–Trinajstić information content (AvgIpc) is 2.54. The molecule has 0 aliphatic rings. The molecule has 0 amide bonds. The number of nitrogens with one attached hydrogen (secondary N) is 1. The summed E-state index contributed by atoms with van der Waals surface area (Å²) in [6, 6.07) is 17.8. The number of aromatic nitrogens is 1. The highest BCUT2D eigenvalue weighted by Gasteiger charge is 2.18. The zero-order valence-corrected chi connectivity index (χ0v) is 15.4. The summed E-state index contributed by atoms with van der Waals surface area (Å²) in [5.74, 6) is 0.301. The molecule has 0 fully saturated rings. The van der Waals surface area contributed by atoms with E-state index in [2.05, 4.69) is 9.71 Å². The molecule has 0 aliphatic carbocycles. The largest absolute Gasteiger partial charge is 0.263 e. The Kier molecular flexibility index (Phi) is 4.79. The molecule has 0 bridgehead atoms. The Balaban J connectivity index is 1.96. The van der Waals surface area contributed by atoms with Crippen LogP contribution in [0.15, 0.2) is 65.6 Å². The third kappa shape index (κ3) is 3.83. The second-order valence-corrected chi connectivity index (χ2v) is 7.79. The second-order valence-electron chi connectivity index (χ2n) is 5.73. The van der Waals surface area contributed by atoms with Crippen molar-refractivity contribution < 1.29 is 8.42 Å². The first-order valence-corrected chi connectivity index (χ1v) is 9.55. The zero-order valence-electron chi connectivity index (χ0n) is 13.8. The Morgan fingerprint density at radius 3 is 2.40 bits per heavy atom. The van der Waals surface area contributed by atoms with Crippen LogP contribution in [-0.4, -0.2) is 13.4 Å². The van der Waals surface area contributed by atoms with E-state index in [1.54, 1.807) is 44.2 Å². The highest BCUT2D eigenvalue weighted by Crippen LogP contribution is 2.30. The van der Waals surface area contributed by atoms with E-state index in [1.807, 2.05) is 30.3 Å². The highest BCUT2D eigenvalue weighted by atomic mass is 35.5. The van der Waals surface area contributed by atoms with Crippen LogP contribution in [0.2, 0.25) is 5.02 Å². The molecular weight excluding hydrogens is 356 g/mol. The third-order valence-corrected chi connectivity index (χ3v) is 5.62. The summed E-state index contributed by atoms with van der Waals surface area (Å²) in [4.78, 5) is 4.40. The molecular formula is C19H17ClN2O2S. The summed E-state index contributed by atoms with van der Waals surface area (Å²) in [5.41, 5.74) is 3.11. The number of nitrogens with zero attached hydrogens (tertiary/aromatic N) is 1. The van der Waals surface area contributed by atoms with E-state index in [0.717, 1.165) is 16.8 Å². The highest BCUT2D eigenvalue weighted by molar-refractivity contribution is 7.92. The SMILES string of the molecule is Cc1cccc(NS(=O)(=O)c2ccc(-c3ccccc3Cl)cc2C)n1. The fourth-order valence-corrected chi connectivity index (χ4v) is 4.08. The molecule has 0 aliphatic heterocycles. The molecule has 0 atom stereocenters. The molecule has 0 saturated carbocycles. The fourth-order valence-electron chi connectivity index (χ4n) is 2.61. The van der Waals surface area contributed by atoms with E-state index in [9.17, 15) is 8.42 Å². The van der Waals surface area contributed by atoms with Gasteiger partial charge in [0, 0.05) is 16.3 Å². The van der Waals surface area contributed by atoms with Crippen LogP contribution in [-0.2, 0) is 10.0 Å². The summed E-state index contributed by atoms with van der Waals surface area (Å²) in [6.07, 6.45) is 0. The number of sulfonamides is 1. The van der Waals surface area contributed by atoms with Gasteiger partial charge in [-0.25, -0.2) is 13.4 Å². The quantitative estimate of drug-likeness (QED) is 0.714. The van der Waals surface area contributed by atoms with Crippen LogP contribution in [0.5, 0.6) is 0 Å². The molecule has 2 aromatic carbocycles. The van der Waals surface area contributed by atoms with E-state index < -0.39 is 10.0 Å². The van der Waals surface area contributed by atoms with Gasteiger partial charge < -0.3 is 0 Å². The Labute approximate surface area is 152 Å². The van der Waals surface area contributed by atoms with Crippen molar-refractivity contribution in [3.63, 3.8) is 0 Å². The number of pyridine rings is 1. The van der Waals surface area contributed by atoms with Crippen LogP contribution in [0, 0.1) is 13.8 Å². The lowest BCUT2D eigenvalue weighted by molar-refractivity contribution is 0.600. The summed E-state index contributed by atoms with van der Waals surface area (Å²) < 4.78 is 27.9. The molecule has 0 radical (unpaired) electrons. The van der Waals surface area contributed by atoms with Crippen molar-refractivity contribution in [1.29, 1.82) is 0 Å². The van der Waals surface area contributed by atoms with Gasteiger partial charge in [-0.2, -0.15) is 0 Å². The molecule has 25 heavy (non-hydrogen) atoms. The van der Waals surface area contributed by atoms with Crippen LogP contribution < -0.4 is 4.72 Å². The first-order valence-electron chi connectivity index (χ1n) is 7.69. The van der Waals surface area contributed by atoms with E-state index in [4.69, 9.17) is 11.6 Å². The monoisotopic (exact) mass is 372 g/mol. The Morgan fingerprint density at radius 1 is 0.960 bits per heavy atom. The molecule has 1 heterocycles. The van der Waals surface area contributed by atoms with E-state index in [0.29, 0.717) is 16.4 Å². The van der Waals surface area contributed by atoms with Gasteiger partial charge in [0.05, 0.1) is 4.90 Å². The van der Waals surface area contributed by atoms with Gasteiger partial charge in [-0.05, 0) is 49.2 Å². The van der Waals surface area contributed by atoms with Gasteiger partial charge in [0.25, 0.3) is 10.0 Å². The molecule has 3 aromatic rings. The van der Waals surface area contributed by atoms with E-state index >= 15 is 0 Å². The minimum atomic E-state index is -3.72. The van der Waals surface area contributed by atoms with Gasteiger partial charge in [0.1, 0.15) is 5.82 Å². The molecule has 4 nitrogen and oxygen atoms in total. The normalized spacial score (nSPS) is 11.3. The molecule has 1 aromatic heterocycles. The summed E-state index contributed by atoms with van der Waals surface area (Å²) in [5, 5.41) is 0.625. The lowest BCUT2D eigenvalue weighted by Gasteiger charge is -2.12. The van der Waals surface area contributed by atoms with Gasteiger partial charge in [0.15, 0.2) is 0 Å². The Hall–Kier alpha value is -2.37. The molecule has 1 N–H and O–H groups in total. The molecule has 128 valence electrons. The van der Waals surface area contributed by atoms with Crippen LogP contribution in [0.3, 0.4) is 0 Å². The predicted molar refractivity (Wildman–Crippen MR) is 101 cm³/mol. The zero-order chi connectivity index (χ0) is 18.0. The van der Waals surface area contributed by atoms with Crippen LogP contribution >= 0.6 is 11.6 Å². The number of halogens is 1. The lowest BCUT2D eigenvalue weighted by atomic mass is 10.0. The first kappa shape index (κ1) is 17.5. The lowest BCUT2D eigenvalue weighted by Crippen LogP contribution is -2.15. The average molecular weight is 373 g/mol.